The van der Waals surface area contributed by atoms with Gasteiger partial charge in [-0.3, -0.25) is 10.1 Å². The topological polar surface area (TPSA) is 99.6 Å². The first-order valence-electron chi connectivity index (χ1n) is 5.41. The first kappa shape index (κ1) is 12.3. The van der Waals surface area contributed by atoms with Crippen molar-refractivity contribution in [3.63, 3.8) is 0 Å². The molecule has 0 unspecified atom stereocenters. The van der Waals surface area contributed by atoms with Crippen molar-refractivity contribution in [3.05, 3.63) is 27.4 Å². The first-order valence-corrected chi connectivity index (χ1v) is 6.60. The molecule has 2 aromatic rings. The molecule has 1 saturated carbocycles. The van der Waals surface area contributed by atoms with Crippen LogP contribution in [0.3, 0.4) is 0 Å². The quantitative estimate of drug-likeness (QED) is 0.484. The summed E-state index contributed by atoms with van der Waals surface area (Å²) in [5, 5.41) is 23.2. The monoisotopic (exact) mass is 298 g/mol. The van der Waals surface area contributed by atoms with Gasteiger partial charge >= 0.3 is 0 Å². The lowest BCUT2D eigenvalue weighted by Crippen LogP contribution is -1.99. The molecule has 2 heterocycles. The third-order valence-corrected chi connectivity index (χ3v) is 3.58. The van der Waals surface area contributed by atoms with E-state index in [1.165, 1.54) is 12.1 Å². The maximum atomic E-state index is 10.8. The fourth-order valence-electron chi connectivity index (χ4n) is 1.51. The van der Waals surface area contributed by atoms with Crippen molar-refractivity contribution in [3.8, 4) is 0 Å². The predicted octanol–water partition coefficient (Wildman–Crippen LogP) is 2.12. The molecule has 0 bridgehead atoms. The highest BCUT2D eigenvalue weighted by atomic mass is 35.5. The second kappa shape index (κ2) is 4.74. The van der Waals surface area contributed by atoms with Gasteiger partial charge in [0.2, 0.25) is 5.16 Å². The summed E-state index contributed by atoms with van der Waals surface area (Å²) in [6, 6.07) is 2.88. The van der Waals surface area contributed by atoms with E-state index in [0.717, 1.165) is 24.6 Å². The van der Waals surface area contributed by atoms with Gasteiger partial charge in [0, 0.05) is 6.07 Å². The highest BCUT2D eigenvalue weighted by molar-refractivity contribution is 7.99. The molecular formula is C9H7ClN6O2S. The van der Waals surface area contributed by atoms with Crippen LogP contribution in [-0.2, 0) is 0 Å². The molecule has 3 rings (SSSR count). The minimum atomic E-state index is -0.512. The molecule has 0 N–H and O–H groups in total. The molecule has 8 nitrogen and oxygen atoms in total. The Morgan fingerprint density at radius 3 is 2.95 bits per heavy atom. The molecule has 0 amide bonds. The molecule has 0 saturated heterocycles. The largest absolute Gasteiger partial charge is 0.275 e. The maximum Gasteiger partial charge on any atom is 0.275 e. The van der Waals surface area contributed by atoms with Crippen LogP contribution >= 0.6 is 23.4 Å². The van der Waals surface area contributed by atoms with Gasteiger partial charge in [0.05, 0.1) is 17.0 Å². The maximum absolute atomic E-state index is 10.8. The van der Waals surface area contributed by atoms with Gasteiger partial charge < -0.3 is 0 Å². The fourth-order valence-corrected chi connectivity index (χ4v) is 2.63. The molecule has 10 heteroatoms. The number of nitro groups is 1. The second-order valence-electron chi connectivity index (χ2n) is 3.98. The standard InChI is InChI=1S/C9H7ClN6O2S/c10-7-3-6(16(17)18)4-8(11-7)19-9-12-13-14-15(9)5-1-2-5/h3-5H,1-2H2. The number of hydrogen-bond donors (Lipinski definition) is 0. The van der Waals surface area contributed by atoms with E-state index < -0.39 is 4.92 Å². The van der Waals surface area contributed by atoms with Crippen molar-refractivity contribution >= 4 is 29.1 Å². The average Bonchev–Trinajstić information content (AvgIpc) is 3.10. The van der Waals surface area contributed by atoms with Gasteiger partial charge in [-0.1, -0.05) is 11.6 Å². The van der Waals surface area contributed by atoms with Crippen molar-refractivity contribution in [2.24, 2.45) is 0 Å². The molecule has 1 fully saturated rings. The van der Waals surface area contributed by atoms with Crippen LogP contribution in [-0.4, -0.2) is 30.1 Å². The smallest absolute Gasteiger partial charge is 0.258 e. The molecule has 0 atom stereocenters. The van der Waals surface area contributed by atoms with Crippen LogP contribution in [0.15, 0.2) is 22.3 Å². The molecule has 98 valence electrons. The Bertz CT molecular complexity index is 643. The molecule has 1 aliphatic rings. The van der Waals surface area contributed by atoms with Crippen LogP contribution in [0.2, 0.25) is 5.15 Å². The second-order valence-corrected chi connectivity index (χ2v) is 5.36. The van der Waals surface area contributed by atoms with Crippen molar-refractivity contribution in [1.29, 1.82) is 0 Å². The van der Waals surface area contributed by atoms with Crippen LogP contribution in [0, 0.1) is 10.1 Å². The van der Waals surface area contributed by atoms with E-state index in [4.69, 9.17) is 11.6 Å². The number of hydrogen-bond acceptors (Lipinski definition) is 7. The van der Waals surface area contributed by atoms with E-state index in [1.54, 1.807) is 4.68 Å². The molecule has 0 aromatic carbocycles. The highest BCUT2D eigenvalue weighted by Crippen LogP contribution is 2.38. The van der Waals surface area contributed by atoms with Gasteiger partial charge in [-0.2, -0.15) is 0 Å². The van der Waals surface area contributed by atoms with Gasteiger partial charge in [0.15, 0.2) is 0 Å². The Morgan fingerprint density at radius 1 is 1.47 bits per heavy atom. The zero-order valence-corrected chi connectivity index (χ0v) is 11.0. The number of pyridine rings is 1. The summed E-state index contributed by atoms with van der Waals surface area (Å²) < 4.78 is 1.71. The van der Waals surface area contributed by atoms with E-state index >= 15 is 0 Å². The Morgan fingerprint density at radius 2 is 2.26 bits per heavy atom. The van der Waals surface area contributed by atoms with Crippen LogP contribution in [0.5, 0.6) is 0 Å². The van der Waals surface area contributed by atoms with E-state index in [2.05, 4.69) is 20.5 Å². The summed E-state index contributed by atoms with van der Waals surface area (Å²) in [6.45, 7) is 0. The number of aromatic nitrogens is 5. The summed E-state index contributed by atoms with van der Waals surface area (Å²) >= 11 is 6.92. The minimum absolute atomic E-state index is 0.0714. The first-order chi connectivity index (χ1) is 9.13. The third kappa shape index (κ3) is 2.66. The zero-order chi connectivity index (χ0) is 13.4. The van der Waals surface area contributed by atoms with Crippen molar-refractivity contribution in [1.82, 2.24) is 25.2 Å². The van der Waals surface area contributed by atoms with Crippen LogP contribution in [0.1, 0.15) is 18.9 Å². The molecule has 0 radical (unpaired) electrons. The number of tetrazole rings is 1. The Hall–Kier alpha value is -1.74. The summed E-state index contributed by atoms with van der Waals surface area (Å²) in [4.78, 5) is 14.3. The van der Waals surface area contributed by atoms with E-state index in [1.807, 2.05) is 0 Å². The minimum Gasteiger partial charge on any atom is -0.258 e. The third-order valence-electron chi connectivity index (χ3n) is 2.52. The van der Waals surface area contributed by atoms with E-state index in [-0.39, 0.29) is 10.8 Å². The van der Waals surface area contributed by atoms with Crippen LogP contribution < -0.4 is 0 Å². The number of nitrogens with zero attached hydrogens (tertiary/aromatic N) is 6. The van der Waals surface area contributed by atoms with Gasteiger partial charge in [-0.05, 0) is 35.0 Å². The number of rotatable bonds is 4. The van der Waals surface area contributed by atoms with Crippen molar-refractivity contribution in [2.75, 3.05) is 0 Å². The van der Waals surface area contributed by atoms with Crippen LogP contribution in [0.25, 0.3) is 0 Å². The SMILES string of the molecule is O=[N+]([O-])c1cc(Cl)nc(Sc2nnnn2C2CC2)c1. The Labute approximate surface area is 116 Å². The molecule has 0 aliphatic heterocycles. The van der Waals surface area contributed by atoms with Gasteiger partial charge in [0.25, 0.3) is 5.69 Å². The average molecular weight is 299 g/mol. The molecule has 1 aliphatic carbocycles. The Balaban J connectivity index is 1.90. The molecular weight excluding hydrogens is 292 g/mol. The van der Waals surface area contributed by atoms with E-state index in [9.17, 15) is 10.1 Å². The lowest BCUT2D eigenvalue weighted by Gasteiger charge is -2.02. The lowest BCUT2D eigenvalue weighted by molar-refractivity contribution is -0.385. The van der Waals surface area contributed by atoms with Crippen molar-refractivity contribution in [2.45, 2.75) is 29.1 Å². The zero-order valence-electron chi connectivity index (χ0n) is 9.43. The van der Waals surface area contributed by atoms with E-state index in [0.29, 0.717) is 16.2 Å². The normalized spacial score (nSPS) is 14.6. The number of halogens is 1. The van der Waals surface area contributed by atoms with Crippen LogP contribution in [0.4, 0.5) is 5.69 Å². The van der Waals surface area contributed by atoms with Gasteiger partial charge in [0.1, 0.15) is 10.2 Å². The Kier molecular flexibility index (Phi) is 3.07. The summed E-state index contributed by atoms with van der Waals surface area (Å²) in [6.07, 6.45) is 2.09. The predicted molar refractivity (Wildman–Crippen MR) is 66.1 cm³/mol. The summed E-state index contributed by atoms with van der Waals surface area (Å²) in [5.74, 6) is 0. The van der Waals surface area contributed by atoms with Crippen molar-refractivity contribution < 1.29 is 4.92 Å². The summed E-state index contributed by atoms with van der Waals surface area (Å²) in [7, 11) is 0. The summed E-state index contributed by atoms with van der Waals surface area (Å²) in [5.41, 5.74) is -0.104. The highest BCUT2D eigenvalue weighted by Gasteiger charge is 2.28. The van der Waals surface area contributed by atoms with Gasteiger partial charge in [-0.25, -0.2) is 9.67 Å². The fraction of sp³-hybridized carbons (Fsp3) is 0.333. The molecule has 0 spiro atoms. The van der Waals surface area contributed by atoms with Gasteiger partial charge in [-0.15, -0.1) is 5.10 Å². The lowest BCUT2D eigenvalue weighted by atomic mass is 10.4. The molecule has 19 heavy (non-hydrogen) atoms. The molecule has 2 aromatic heterocycles.